The van der Waals surface area contributed by atoms with Gasteiger partial charge in [-0.1, -0.05) is 45.7 Å². The molecule has 23 heavy (non-hydrogen) atoms. The van der Waals surface area contributed by atoms with Gasteiger partial charge < -0.3 is 5.11 Å². The minimum atomic E-state index is -0.938. The zero-order valence-corrected chi connectivity index (χ0v) is 14.6. The molecule has 0 heterocycles. The van der Waals surface area contributed by atoms with Gasteiger partial charge in [0, 0.05) is 15.4 Å². The lowest BCUT2D eigenvalue weighted by molar-refractivity contribution is 0.0696. The molecule has 0 radical (unpaired) electrons. The van der Waals surface area contributed by atoms with Gasteiger partial charge in [-0.2, -0.15) is 5.26 Å². The van der Waals surface area contributed by atoms with Gasteiger partial charge in [0.15, 0.2) is 0 Å². The van der Waals surface area contributed by atoms with Crippen LogP contribution in [0, 0.1) is 18.3 Å². The lowest BCUT2D eigenvalue weighted by Gasteiger charge is -2.13. The number of hydrogen-bond donors (Lipinski definition) is 1. The van der Waals surface area contributed by atoms with Gasteiger partial charge in [0.1, 0.15) is 0 Å². The van der Waals surface area contributed by atoms with Gasteiger partial charge in [0.25, 0.3) is 0 Å². The van der Waals surface area contributed by atoms with Crippen molar-refractivity contribution in [1.82, 2.24) is 0 Å². The molecule has 0 aromatic heterocycles. The van der Waals surface area contributed by atoms with Crippen molar-refractivity contribution in [2.75, 3.05) is 0 Å². The van der Waals surface area contributed by atoms with E-state index in [0.29, 0.717) is 22.6 Å². The highest BCUT2D eigenvalue weighted by atomic mass is 79.9. The van der Waals surface area contributed by atoms with Gasteiger partial charge in [0.05, 0.1) is 17.0 Å². The number of halogens is 2. The van der Waals surface area contributed by atoms with Crippen LogP contribution >= 0.6 is 27.5 Å². The molecule has 2 unspecified atom stereocenters. The van der Waals surface area contributed by atoms with Gasteiger partial charge in [-0.25, -0.2) is 4.79 Å². The van der Waals surface area contributed by atoms with Crippen molar-refractivity contribution in [1.29, 1.82) is 5.26 Å². The number of aryl methyl sites for hydroxylation is 1. The molecule has 2 aromatic rings. The summed E-state index contributed by atoms with van der Waals surface area (Å²) in [7, 11) is 0. The highest BCUT2D eigenvalue weighted by Crippen LogP contribution is 2.61. The number of aromatic carboxylic acids is 1. The SMILES string of the molecule is Cc1cc(C2CC2(C#N)c2ccc(Br)cc2Cl)ccc1C(=O)O. The first kappa shape index (κ1) is 16.0. The van der Waals surface area contributed by atoms with Gasteiger partial charge in [-0.15, -0.1) is 0 Å². The van der Waals surface area contributed by atoms with Crippen molar-refractivity contribution < 1.29 is 9.90 Å². The summed E-state index contributed by atoms with van der Waals surface area (Å²) >= 11 is 9.70. The van der Waals surface area contributed by atoms with Crippen molar-refractivity contribution in [3.63, 3.8) is 0 Å². The highest BCUT2D eigenvalue weighted by Gasteiger charge is 2.57. The van der Waals surface area contributed by atoms with Crippen LogP contribution in [-0.2, 0) is 5.41 Å². The monoisotopic (exact) mass is 389 g/mol. The van der Waals surface area contributed by atoms with Crippen molar-refractivity contribution in [3.05, 3.63) is 68.1 Å². The average molecular weight is 391 g/mol. The van der Waals surface area contributed by atoms with Crippen LogP contribution in [0.2, 0.25) is 5.02 Å². The fourth-order valence-electron chi connectivity index (χ4n) is 3.14. The second kappa shape index (κ2) is 5.67. The summed E-state index contributed by atoms with van der Waals surface area (Å²) in [5.74, 6) is -0.903. The number of nitrogens with zero attached hydrogens (tertiary/aromatic N) is 1. The van der Waals surface area contributed by atoms with Gasteiger partial charge >= 0.3 is 5.97 Å². The zero-order valence-electron chi connectivity index (χ0n) is 12.3. The standard InChI is InChI=1S/C18H13BrClNO2/c1-10-6-11(2-4-13(10)17(22)23)15-8-18(15,9-21)14-5-3-12(19)7-16(14)20/h2-7,15H,8H2,1H3,(H,22,23). The van der Waals surface area contributed by atoms with E-state index in [2.05, 4.69) is 22.0 Å². The first-order chi connectivity index (χ1) is 10.9. The number of carboxylic acid groups (broad SMARTS) is 1. The Balaban J connectivity index is 1.99. The van der Waals surface area contributed by atoms with Crippen LogP contribution in [0.4, 0.5) is 0 Å². The van der Waals surface area contributed by atoms with E-state index < -0.39 is 11.4 Å². The molecule has 0 spiro atoms. The summed E-state index contributed by atoms with van der Waals surface area (Å²) < 4.78 is 0.873. The zero-order chi connectivity index (χ0) is 16.8. The van der Waals surface area contributed by atoms with Crippen LogP contribution in [0.15, 0.2) is 40.9 Å². The Kier molecular flexibility index (Phi) is 3.95. The molecule has 3 nitrogen and oxygen atoms in total. The fourth-order valence-corrected chi connectivity index (χ4v) is 3.98. The van der Waals surface area contributed by atoms with Crippen LogP contribution in [0.5, 0.6) is 0 Å². The maximum atomic E-state index is 11.1. The molecular weight excluding hydrogens is 378 g/mol. The lowest BCUT2D eigenvalue weighted by atomic mass is 9.91. The molecule has 116 valence electrons. The molecule has 3 rings (SSSR count). The molecule has 1 aliphatic carbocycles. The van der Waals surface area contributed by atoms with Crippen LogP contribution in [-0.4, -0.2) is 11.1 Å². The summed E-state index contributed by atoms with van der Waals surface area (Å²) in [6.07, 6.45) is 0.691. The third-order valence-corrected chi connectivity index (χ3v) is 5.26. The third kappa shape index (κ3) is 2.65. The first-order valence-electron chi connectivity index (χ1n) is 7.09. The number of carboxylic acids is 1. The van der Waals surface area contributed by atoms with Crippen molar-refractivity contribution in [2.45, 2.75) is 24.7 Å². The van der Waals surface area contributed by atoms with E-state index in [0.717, 1.165) is 15.6 Å². The second-order valence-electron chi connectivity index (χ2n) is 5.84. The molecule has 0 amide bonds. The smallest absolute Gasteiger partial charge is 0.335 e. The normalized spacial score (nSPS) is 22.4. The minimum Gasteiger partial charge on any atom is -0.478 e. The molecule has 1 N–H and O–H groups in total. The fraction of sp³-hybridized carbons (Fsp3) is 0.222. The number of hydrogen-bond acceptors (Lipinski definition) is 2. The molecule has 1 saturated carbocycles. The van der Waals surface area contributed by atoms with Gasteiger partial charge in [-0.3, -0.25) is 0 Å². The van der Waals surface area contributed by atoms with E-state index >= 15 is 0 Å². The van der Waals surface area contributed by atoms with E-state index in [4.69, 9.17) is 16.7 Å². The molecule has 5 heteroatoms. The van der Waals surface area contributed by atoms with Crippen molar-refractivity contribution in [2.24, 2.45) is 0 Å². The van der Waals surface area contributed by atoms with E-state index in [1.165, 1.54) is 0 Å². The van der Waals surface area contributed by atoms with E-state index in [1.807, 2.05) is 18.2 Å². The van der Waals surface area contributed by atoms with Crippen LogP contribution in [0.1, 0.15) is 39.4 Å². The predicted octanol–water partition coefficient (Wildman–Crippen LogP) is 5.06. The third-order valence-electron chi connectivity index (χ3n) is 4.46. The van der Waals surface area contributed by atoms with Gasteiger partial charge in [0.2, 0.25) is 0 Å². The summed E-state index contributed by atoms with van der Waals surface area (Å²) in [4.78, 5) is 11.1. The Labute approximate surface area is 147 Å². The average Bonchev–Trinajstić information content (AvgIpc) is 3.22. The number of benzene rings is 2. The number of nitriles is 1. The Morgan fingerprint density at radius 1 is 1.39 bits per heavy atom. The first-order valence-corrected chi connectivity index (χ1v) is 8.27. The summed E-state index contributed by atoms with van der Waals surface area (Å²) in [5, 5.41) is 19.4. The maximum absolute atomic E-state index is 11.1. The lowest BCUT2D eigenvalue weighted by Crippen LogP contribution is -2.08. The maximum Gasteiger partial charge on any atom is 0.335 e. The van der Waals surface area contributed by atoms with Crippen LogP contribution in [0.3, 0.4) is 0 Å². The Bertz CT molecular complexity index is 859. The van der Waals surface area contributed by atoms with Crippen molar-refractivity contribution >= 4 is 33.5 Å². The second-order valence-corrected chi connectivity index (χ2v) is 7.17. The van der Waals surface area contributed by atoms with Crippen LogP contribution in [0.25, 0.3) is 0 Å². The molecule has 1 fully saturated rings. The van der Waals surface area contributed by atoms with Crippen LogP contribution < -0.4 is 0 Å². The molecule has 0 aliphatic heterocycles. The molecule has 2 atom stereocenters. The molecule has 0 bridgehead atoms. The predicted molar refractivity (Wildman–Crippen MR) is 91.9 cm³/mol. The quantitative estimate of drug-likeness (QED) is 0.797. The summed E-state index contributed by atoms with van der Waals surface area (Å²) in [5.41, 5.74) is 2.17. The number of carbonyl (C=O) groups is 1. The van der Waals surface area contributed by atoms with E-state index in [9.17, 15) is 10.1 Å². The molecule has 1 aliphatic rings. The molecule has 0 saturated heterocycles. The van der Waals surface area contributed by atoms with Crippen molar-refractivity contribution in [3.8, 4) is 6.07 Å². The Morgan fingerprint density at radius 3 is 2.70 bits per heavy atom. The van der Waals surface area contributed by atoms with E-state index in [1.54, 1.807) is 25.1 Å². The molecular formula is C18H13BrClNO2. The molecule has 2 aromatic carbocycles. The largest absolute Gasteiger partial charge is 0.478 e. The topological polar surface area (TPSA) is 61.1 Å². The summed E-state index contributed by atoms with van der Waals surface area (Å²) in [6, 6.07) is 13.2. The Hall–Kier alpha value is -1.83. The van der Waals surface area contributed by atoms with Gasteiger partial charge in [-0.05, 0) is 48.2 Å². The Morgan fingerprint density at radius 2 is 2.13 bits per heavy atom. The number of rotatable bonds is 3. The summed E-state index contributed by atoms with van der Waals surface area (Å²) in [6.45, 7) is 1.77. The highest BCUT2D eigenvalue weighted by molar-refractivity contribution is 9.10. The van der Waals surface area contributed by atoms with E-state index in [-0.39, 0.29) is 5.92 Å². The minimum absolute atomic E-state index is 0.0349.